The maximum atomic E-state index is 4.14. The minimum atomic E-state index is 0.895. The van der Waals surface area contributed by atoms with E-state index in [9.17, 15) is 0 Å². The first-order chi connectivity index (χ1) is 6.38. The highest BCUT2D eigenvalue weighted by Gasteiger charge is 2.04. The fraction of sp³-hybridized carbons (Fsp3) is 0.222. The monoisotopic (exact) mass is 212 g/mol. The molecule has 0 saturated carbocycles. The van der Waals surface area contributed by atoms with Gasteiger partial charge in [-0.1, -0.05) is 23.9 Å². The minimum absolute atomic E-state index is 0.895. The highest BCUT2D eigenvalue weighted by Crippen LogP contribution is 2.28. The van der Waals surface area contributed by atoms with E-state index in [4.69, 9.17) is 0 Å². The number of nitrogens with zero attached hydrogens (tertiary/aromatic N) is 1. The van der Waals surface area contributed by atoms with E-state index in [0.717, 1.165) is 16.5 Å². The molecule has 1 aromatic rings. The van der Waals surface area contributed by atoms with Crippen molar-refractivity contribution in [1.82, 2.24) is 10.2 Å². The van der Waals surface area contributed by atoms with Gasteiger partial charge in [-0.3, -0.25) is 5.10 Å². The molecule has 4 heteroatoms. The zero-order chi connectivity index (χ0) is 9.52. The number of H-pyrrole nitrogens is 1. The summed E-state index contributed by atoms with van der Waals surface area (Å²) < 4.78 is 0. The lowest BCUT2D eigenvalue weighted by Gasteiger charge is -1.96. The maximum Gasteiger partial charge on any atom is 0.132 e. The second-order valence-electron chi connectivity index (χ2n) is 2.25. The van der Waals surface area contributed by atoms with Crippen molar-refractivity contribution >= 4 is 23.5 Å². The zero-order valence-corrected chi connectivity index (χ0v) is 8.96. The second kappa shape index (κ2) is 5.94. The molecule has 1 heterocycles. The van der Waals surface area contributed by atoms with Crippen molar-refractivity contribution in [1.29, 1.82) is 0 Å². The highest BCUT2D eigenvalue weighted by molar-refractivity contribution is 8.02. The number of aromatic nitrogens is 2. The van der Waals surface area contributed by atoms with Gasteiger partial charge in [0.15, 0.2) is 0 Å². The van der Waals surface area contributed by atoms with E-state index in [1.165, 1.54) is 4.90 Å². The van der Waals surface area contributed by atoms with Crippen LogP contribution in [0.25, 0.3) is 0 Å². The van der Waals surface area contributed by atoms with Crippen LogP contribution in [0.2, 0.25) is 0 Å². The average Bonchev–Trinajstić information content (AvgIpc) is 2.59. The minimum Gasteiger partial charge on any atom is -0.283 e. The van der Waals surface area contributed by atoms with E-state index in [-0.39, 0.29) is 0 Å². The van der Waals surface area contributed by atoms with Gasteiger partial charge in [0.2, 0.25) is 0 Å². The SMILES string of the molecule is C=CCSc1c[nH]nc1SCC=C. The third-order valence-electron chi connectivity index (χ3n) is 1.27. The molecule has 0 fully saturated rings. The number of thioether (sulfide) groups is 2. The van der Waals surface area contributed by atoms with Crippen LogP contribution in [0.15, 0.2) is 41.4 Å². The molecule has 0 bridgehead atoms. The van der Waals surface area contributed by atoms with E-state index in [1.54, 1.807) is 23.5 Å². The third kappa shape index (κ3) is 3.32. The summed E-state index contributed by atoms with van der Waals surface area (Å²) in [5.74, 6) is 1.81. The second-order valence-corrected chi connectivity index (χ2v) is 4.32. The van der Waals surface area contributed by atoms with Gasteiger partial charge in [0.1, 0.15) is 5.03 Å². The Hall–Kier alpha value is -0.610. The van der Waals surface area contributed by atoms with Crippen molar-refractivity contribution in [2.45, 2.75) is 9.92 Å². The van der Waals surface area contributed by atoms with Crippen molar-refractivity contribution in [2.24, 2.45) is 0 Å². The van der Waals surface area contributed by atoms with Gasteiger partial charge in [-0.15, -0.1) is 24.9 Å². The quantitative estimate of drug-likeness (QED) is 0.580. The van der Waals surface area contributed by atoms with Crippen LogP contribution in [0, 0.1) is 0 Å². The fourth-order valence-electron chi connectivity index (χ4n) is 0.760. The van der Waals surface area contributed by atoms with Gasteiger partial charge in [0.05, 0.1) is 4.90 Å². The van der Waals surface area contributed by atoms with E-state index in [1.807, 2.05) is 18.3 Å². The molecule has 0 amide bonds. The maximum absolute atomic E-state index is 4.14. The molecule has 2 nitrogen and oxygen atoms in total. The van der Waals surface area contributed by atoms with Crippen LogP contribution in [0.4, 0.5) is 0 Å². The molecular formula is C9H12N2S2. The number of hydrogen-bond acceptors (Lipinski definition) is 3. The Morgan fingerprint density at radius 3 is 2.69 bits per heavy atom. The summed E-state index contributed by atoms with van der Waals surface area (Å²) in [7, 11) is 0. The molecular weight excluding hydrogens is 200 g/mol. The first-order valence-electron chi connectivity index (χ1n) is 3.89. The van der Waals surface area contributed by atoms with Gasteiger partial charge >= 0.3 is 0 Å². The van der Waals surface area contributed by atoms with Crippen molar-refractivity contribution in [3.8, 4) is 0 Å². The van der Waals surface area contributed by atoms with Crippen molar-refractivity contribution in [3.63, 3.8) is 0 Å². The lowest BCUT2D eigenvalue weighted by Crippen LogP contribution is -1.77. The summed E-state index contributed by atoms with van der Waals surface area (Å²) in [4.78, 5) is 1.19. The summed E-state index contributed by atoms with van der Waals surface area (Å²) in [6.45, 7) is 7.35. The molecule has 0 aliphatic carbocycles. The summed E-state index contributed by atoms with van der Waals surface area (Å²) in [5, 5.41) is 8.05. The van der Waals surface area contributed by atoms with Crippen LogP contribution in [0.5, 0.6) is 0 Å². The van der Waals surface area contributed by atoms with Crippen molar-refractivity contribution in [3.05, 3.63) is 31.5 Å². The molecule has 70 valence electrons. The molecule has 1 rings (SSSR count). The zero-order valence-electron chi connectivity index (χ0n) is 7.32. The molecule has 0 saturated heterocycles. The molecule has 0 aromatic carbocycles. The molecule has 0 atom stereocenters. The topological polar surface area (TPSA) is 28.7 Å². The Labute approximate surface area is 86.9 Å². The van der Waals surface area contributed by atoms with Crippen molar-refractivity contribution in [2.75, 3.05) is 11.5 Å². The van der Waals surface area contributed by atoms with Crippen LogP contribution < -0.4 is 0 Å². The van der Waals surface area contributed by atoms with E-state index >= 15 is 0 Å². The summed E-state index contributed by atoms with van der Waals surface area (Å²) in [6.07, 6.45) is 5.68. The van der Waals surface area contributed by atoms with Crippen LogP contribution in [-0.4, -0.2) is 21.7 Å². The first-order valence-corrected chi connectivity index (χ1v) is 5.86. The summed E-state index contributed by atoms with van der Waals surface area (Å²) in [5.41, 5.74) is 0. The molecule has 0 aliphatic heterocycles. The predicted octanol–water partition coefficient (Wildman–Crippen LogP) is 2.97. The molecule has 0 spiro atoms. The lowest BCUT2D eigenvalue weighted by atomic mass is 10.7. The Morgan fingerprint density at radius 2 is 2.00 bits per heavy atom. The van der Waals surface area contributed by atoms with Crippen LogP contribution in [0.1, 0.15) is 0 Å². The van der Waals surface area contributed by atoms with Crippen LogP contribution in [-0.2, 0) is 0 Å². The Morgan fingerprint density at radius 1 is 1.31 bits per heavy atom. The van der Waals surface area contributed by atoms with E-state index in [0.29, 0.717) is 0 Å². The molecule has 0 unspecified atom stereocenters. The van der Waals surface area contributed by atoms with Crippen LogP contribution in [0.3, 0.4) is 0 Å². The normalized spacial score (nSPS) is 9.85. The Kier molecular flexibility index (Phi) is 4.78. The summed E-state index contributed by atoms with van der Waals surface area (Å²) in [6, 6.07) is 0. The Bertz CT molecular complexity index is 254. The molecule has 0 radical (unpaired) electrons. The smallest absolute Gasteiger partial charge is 0.132 e. The van der Waals surface area contributed by atoms with Gasteiger partial charge in [0, 0.05) is 17.7 Å². The van der Waals surface area contributed by atoms with Gasteiger partial charge in [-0.25, -0.2) is 0 Å². The first kappa shape index (κ1) is 10.5. The van der Waals surface area contributed by atoms with Gasteiger partial charge in [-0.05, 0) is 0 Å². The number of nitrogens with one attached hydrogen (secondary N) is 1. The molecule has 0 aliphatic rings. The molecule has 1 N–H and O–H groups in total. The third-order valence-corrected chi connectivity index (χ3v) is 3.41. The average molecular weight is 212 g/mol. The van der Waals surface area contributed by atoms with E-state index in [2.05, 4.69) is 23.4 Å². The number of hydrogen-bond donors (Lipinski definition) is 1. The van der Waals surface area contributed by atoms with Gasteiger partial charge in [-0.2, -0.15) is 5.10 Å². The predicted molar refractivity (Wildman–Crippen MR) is 60.4 cm³/mol. The summed E-state index contributed by atoms with van der Waals surface area (Å²) >= 11 is 3.43. The Balaban J connectivity index is 2.54. The number of aromatic amines is 1. The van der Waals surface area contributed by atoms with Crippen LogP contribution >= 0.6 is 23.5 Å². The molecule has 13 heavy (non-hydrogen) atoms. The fourth-order valence-corrected chi connectivity index (χ4v) is 2.31. The highest BCUT2D eigenvalue weighted by atomic mass is 32.2. The van der Waals surface area contributed by atoms with Gasteiger partial charge < -0.3 is 0 Å². The van der Waals surface area contributed by atoms with E-state index < -0.39 is 0 Å². The van der Waals surface area contributed by atoms with Crippen molar-refractivity contribution < 1.29 is 0 Å². The largest absolute Gasteiger partial charge is 0.283 e. The lowest BCUT2D eigenvalue weighted by molar-refractivity contribution is 0.991. The molecule has 1 aromatic heterocycles. The number of rotatable bonds is 6. The van der Waals surface area contributed by atoms with Gasteiger partial charge in [0.25, 0.3) is 0 Å². The standard InChI is InChI=1S/C9H12N2S2/c1-3-5-12-8-7-10-11-9(8)13-6-4-2/h3-4,7H,1-2,5-6H2,(H,10,11).